The Morgan fingerprint density at radius 3 is 1.54 bits per heavy atom. The SMILES string of the molecule is CCO[P+](OCC)(OCC)/C(=C(/[O-])OC)C1(C(=O)OC)C(=O)N(S(=O)(=O)c2ccc(C)cc2)C(=O)N1S(=O)(=O)c1ccc(C)cc1. The molecule has 3 amide bonds. The fraction of sp³-hybridized carbons (Fsp3) is 0.393. The molecule has 1 fully saturated rings. The average Bonchev–Trinajstić information content (AvgIpc) is 3.24. The van der Waals surface area contributed by atoms with Crippen molar-refractivity contribution in [1.82, 2.24) is 8.61 Å². The molecule has 0 aliphatic carbocycles. The van der Waals surface area contributed by atoms with Gasteiger partial charge >= 0.3 is 25.5 Å². The Morgan fingerprint density at radius 2 is 1.17 bits per heavy atom. The largest absolute Gasteiger partial charge is 0.614 e. The van der Waals surface area contributed by atoms with Gasteiger partial charge in [0.25, 0.3) is 26.0 Å². The minimum atomic E-state index is -5.40. The summed E-state index contributed by atoms with van der Waals surface area (Å²) < 4.78 is 83.4. The van der Waals surface area contributed by atoms with Gasteiger partial charge in [0.2, 0.25) is 5.31 Å². The van der Waals surface area contributed by atoms with Crippen LogP contribution in [0.1, 0.15) is 31.9 Å². The van der Waals surface area contributed by atoms with Crippen LogP contribution in [-0.4, -0.2) is 82.9 Å². The first-order valence-electron chi connectivity index (χ1n) is 13.8. The predicted molar refractivity (Wildman–Crippen MR) is 161 cm³/mol. The second kappa shape index (κ2) is 14.0. The number of hydrogen-bond acceptors (Lipinski definition) is 13. The van der Waals surface area contributed by atoms with Crippen molar-refractivity contribution < 1.29 is 59.4 Å². The van der Waals surface area contributed by atoms with Crippen LogP contribution < -0.4 is 5.11 Å². The number of nitrogens with zero attached hydrogens (tertiary/aromatic N) is 2. The molecule has 0 saturated carbocycles. The quantitative estimate of drug-likeness (QED) is 0.0917. The van der Waals surface area contributed by atoms with Crippen molar-refractivity contribution in [3.05, 3.63) is 70.9 Å². The molecule has 0 N–H and O–H groups in total. The molecule has 0 aromatic heterocycles. The maximum absolute atomic E-state index is 14.7. The average molecular weight is 703 g/mol. The monoisotopic (exact) mass is 702 g/mol. The molecular weight excluding hydrogens is 667 g/mol. The molecule has 46 heavy (non-hydrogen) atoms. The zero-order valence-corrected chi connectivity index (χ0v) is 28.7. The van der Waals surface area contributed by atoms with Crippen LogP contribution in [0.2, 0.25) is 0 Å². The van der Waals surface area contributed by atoms with E-state index < -0.39 is 76.8 Å². The van der Waals surface area contributed by atoms with Crippen molar-refractivity contribution in [2.75, 3.05) is 34.0 Å². The summed E-state index contributed by atoms with van der Waals surface area (Å²) in [7, 11) is -13.6. The fourth-order valence-electron chi connectivity index (χ4n) is 4.65. The van der Waals surface area contributed by atoms with Crippen molar-refractivity contribution in [2.45, 2.75) is 49.9 Å². The summed E-state index contributed by atoms with van der Waals surface area (Å²) in [4.78, 5) is 41.9. The van der Waals surface area contributed by atoms with Gasteiger partial charge in [-0.15, -0.1) is 4.31 Å². The molecule has 0 spiro atoms. The van der Waals surface area contributed by atoms with Gasteiger partial charge in [-0.05, 0) is 66.0 Å². The Morgan fingerprint density at radius 1 is 0.761 bits per heavy atom. The van der Waals surface area contributed by atoms with Gasteiger partial charge in [0.1, 0.15) is 5.95 Å². The predicted octanol–water partition coefficient (Wildman–Crippen LogP) is 2.60. The maximum Gasteiger partial charge on any atom is 0.450 e. The molecule has 18 heteroatoms. The molecule has 15 nitrogen and oxygen atoms in total. The van der Waals surface area contributed by atoms with E-state index in [1.807, 2.05) is 0 Å². The lowest BCUT2D eigenvalue weighted by atomic mass is 9.99. The van der Waals surface area contributed by atoms with Gasteiger partial charge in [0.05, 0.1) is 36.7 Å². The van der Waals surface area contributed by atoms with Crippen LogP contribution in [0, 0.1) is 13.8 Å². The first kappa shape index (κ1) is 36.9. The third kappa shape index (κ3) is 5.98. The Balaban J connectivity index is 2.64. The molecule has 3 rings (SSSR count). The Bertz CT molecular complexity index is 1710. The summed E-state index contributed by atoms with van der Waals surface area (Å²) in [6.45, 7) is 6.77. The molecule has 1 atom stereocenters. The van der Waals surface area contributed by atoms with Crippen LogP contribution in [0.4, 0.5) is 4.79 Å². The van der Waals surface area contributed by atoms with Crippen molar-refractivity contribution in [1.29, 1.82) is 0 Å². The van der Waals surface area contributed by atoms with Crippen LogP contribution in [0.3, 0.4) is 0 Å². The lowest BCUT2D eigenvalue weighted by Crippen LogP contribution is -2.61. The zero-order chi connectivity index (χ0) is 34.7. The summed E-state index contributed by atoms with van der Waals surface area (Å²) in [6.07, 6.45) is 0. The number of carbonyl (C=O) groups is 3. The number of benzene rings is 2. The summed E-state index contributed by atoms with van der Waals surface area (Å²) >= 11 is 0. The minimum absolute atomic E-state index is 0.288. The van der Waals surface area contributed by atoms with Crippen LogP contribution in [-0.2, 0) is 52.7 Å². The third-order valence-corrected chi connectivity index (χ3v) is 12.9. The third-order valence-electron chi connectivity index (χ3n) is 6.64. The van der Waals surface area contributed by atoms with E-state index in [1.165, 1.54) is 45.0 Å². The van der Waals surface area contributed by atoms with Crippen LogP contribution >= 0.6 is 7.94 Å². The zero-order valence-electron chi connectivity index (χ0n) is 26.2. The smallest absolute Gasteiger partial charge is 0.450 e. The first-order chi connectivity index (χ1) is 21.6. The lowest BCUT2D eigenvalue weighted by molar-refractivity contribution is -0.355. The van der Waals surface area contributed by atoms with Gasteiger partial charge in [-0.3, -0.25) is 4.79 Å². The van der Waals surface area contributed by atoms with Crippen molar-refractivity contribution in [2.24, 2.45) is 0 Å². The van der Waals surface area contributed by atoms with E-state index in [4.69, 9.17) is 23.0 Å². The molecule has 0 bridgehead atoms. The summed E-state index contributed by atoms with van der Waals surface area (Å²) in [5.41, 5.74) is -2.51. The number of urea groups is 1. The summed E-state index contributed by atoms with van der Waals surface area (Å²) in [5.74, 6) is -5.41. The number of hydrogen-bond donors (Lipinski definition) is 0. The number of esters is 1. The van der Waals surface area contributed by atoms with Crippen molar-refractivity contribution in [3.63, 3.8) is 0 Å². The molecule has 252 valence electrons. The van der Waals surface area contributed by atoms with E-state index in [9.17, 15) is 36.3 Å². The van der Waals surface area contributed by atoms with Gasteiger partial charge in [0, 0.05) is 0 Å². The number of rotatable bonds is 14. The van der Waals surface area contributed by atoms with E-state index in [0.29, 0.717) is 11.1 Å². The second-order valence-electron chi connectivity index (χ2n) is 9.55. The topological polar surface area (TPSA) is 195 Å². The molecule has 2 aromatic carbocycles. The molecule has 1 aliphatic rings. The molecule has 1 aliphatic heterocycles. The molecule has 0 radical (unpaired) electrons. The standard InChI is InChI=1S/C28H35N2O13PS2/c1-8-41-44(42-9-2,43-10-3)23(24(31)39-6)28(26(33)40-7)25(32)29(45(35,36)21-15-11-19(4)12-16-21)27(34)30(28)46(37,38)22-17-13-20(5)14-18-22/h11-18H,8-10H2,1-7H3/b24-23-. The number of amides is 3. The van der Waals surface area contributed by atoms with Gasteiger partial charge in [-0.2, -0.15) is 17.9 Å². The van der Waals surface area contributed by atoms with Gasteiger partial charge in [-0.1, -0.05) is 35.4 Å². The summed E-state index contributed by atoms with van der Waals surface area (Å²) in [5, 5.41) is 12.6. The highest BCUT2D eigenvalue weighted by Gasteiger charge is 2.80. The normalized spacial score (nSPS) is 18.1. The molecule has 1 unspecified atom stereocenters. The molecular formula is C28H35N2O13PS2. The van der Waals surface area contributed by atoms with Crippen LogP contribution in [0.5, 0.6) is 0 Å². The van der Waals surface area contributed by atoms with E-state index in [-0.39, 0.29) is 24.1 Å². The Labute approximate surface area is 268 Å². The van der Waals surface area contributed by atoms with Gasteiger partial charge in [0.15, 0.2) is 0 Å². The highest BCUT2D eigenvalue weighted by atomic mass is 32.2. The van der Waals surface area contributed by atoms with E-state index in [0.717, 1.165) is 38.5 Å². The fourth-order valence-corrected chi connectivity index (χ4v) is 10.3. The van der Waals surface area contributed by atoms with Gasteiger partial charge in [-0.25, -0.2) is 26.4 Å². The number of aryl methyl sites for hydroxylation is 2. The minimum Gasteiger partial charge on any atom is -0.614 e. The van der Waals surface area contributed by atoms with Crippen molar-refractivity contribution in [3.8, 4) is 0 Å². The van der Waals surface area contributed by atoms with Gasteiger partial charge < -0.3 is 14.6 Å². The Hall–Kier alpha value is -3.60. The number of carbonyl (C=O) groups excluding carboxylic acids is 3. The van der Waals surface area contributed by atoms with E-state index in [1.54, 1.807) is 13.8 Å². The molecule has 1 saturated heterocycles. The highest BCUT2D eigenvalue weighted by molar-refractivity contribution is 7.91. The van der Waals surface area contributed by atoms with Crippen LogP contribution in [0.25, 0.3) is 0 Å². The second-order valence-corrected chi connectivity index (χ2v) is 15.3. The number of ether oxygens (including phenoxy) is 2. The van der Waals surface area contributed by atoms with Crippen LogP contribution in [0.15, 0.2) is 69.6 Å². The van der Waals surface area contributed by atoms with Crippen molar-refractivity contribution >= 4 is 45.9 Å². The maximum atomic E-state index is 14.7. The van der Waals surface area contributed by atoms with E-state index in [2.05, 4.69) is 0 Å². The lowest BCUT2D eigenvalue weighted by Gasteiger charge is -2.36. The number of imide groups is 1. The summed E-state index contributed by atoms with van der Waals surface area (Å²) in [6, 6.07) is 7.72. The van der Waals surface area contributed by atoms with E-state index >= 15 is 0 Å². The first-order valence-corrected chi connectivity index (χ1v) is 18.2. The number of sulfonamides is 2. The number of methoxy groups -OCH3 is 2. The highest BCUT2D eigenvalue weighted by Crippen LogP contribution is 2.73. The molecule has 1 heterocycles. The Kier molecular flexibility index (Phi) is 11.2. The molecule has 2 aromatic rings.